The molecule has 1 heterocycles. The fourth-order valence-corrected chi connectivity index (χ4v) is 2.37. The number of hydrogen-bond acceptors (Lipinski definition) is 3. The molecule has 0 atom stereocenters. The molecule has 0 radical (unpaired) electrons. The van der Waals surface area contributed by atoms with Crippen LogP contribution in [0.15, 0.2) is 59.6 Å². The Balaban J connectivity index is 1.78. The van der Waals surface area contributed by atoms with Gasteiger partial charge in [-0.25, -0.2) is 4.99 Å². The standard InChI is InChI=1S/C17H14F3N3O/c18-17(19,20)13-7-4-8-14(9-13)22-16-21-10-15(24)23(16)11-12-5-2-1-3-6-12/h1-9H,10-11H2,(H,21,22). The average Bonchev–Trinajstić information content (AvgIpc) is 2.89. The number of rotatable bonds is 3. The quantitative estimate of drug-likeness (QED) is 0.934. The number of hydrogen-bond donors (Lipinski definition) is 1. The van der Waals surface area contributed by atoms with Gasteiger partial charge in [0.25, 0.3) is 5.91 Å². The van der Waals surface area contributed by atoms with Crippen molar-refractivity contribution < 1.29 is 18.0 Å². The third-order valence-electron chi connectivity index (χ3n) is 3.55. The van der Waals surface area contributed by atoms with E-state index in [1.807, 2.05) is 30.3 Å². The third kappa shape index (κ3) is 3.56. The molecular formula is C17H14F3N3O. The van der Waals surface area contributed by atoms with E-state index in [1.165, 1.54) is 17.0 Å². The van der Waals surface area contributed by atoms with Gasteiger partial charge in [-0.3, -0.25) is 9.69 Å². The first-order chi connectivity index (χ1) is 11.4. The summed E-state index contributed by atoms with van der Waals surface area (Å²) in [4.78, 5) is 17.5. The number of alkyl halides is 3. The van der Waals surface area contributed by atoms with Gasteiger partial charge < -0.3 is 5.32 Å². The van der Waals surface area contributed by atoms with E-state index in [1.54, 1.807) is 0 Å². The molecule has 0 saturated carbocycles. The molecule has 0 saturated heterocycles. The molecule has 1 aliphatic rings. The zero-order valence-corrected chi connectivity index (χ0v) is 12.5. The van der Waals surface area contributed by atoms with Gasteiger partial charge >= 0.3 is 6.18 Å². The number of guanidine groups is 1. The molecule has 0 unspecified atom stereocenters. The van der Waals surface area contributed by atoms with Gasteiger partial charge in [-0.15, -0.1) is 0 Å². The van der Waals surface area contributed by atoms with Crippen LogP contribution in [0.25, 0.3) is 0 Å². The van der Waals surface area contributed by atoms with Crippen LogP contribution in [0.3, 0.4) is 0 Å². The molecule has 0 aliphatic carbocycles. The van der Waals surface area contributed by atoms with Crippen molar-refractivity contribution in [3.05, 3.63) is 65.7 Å². The zero-order valence-electron chi connectivity index (χ0n) is 12.5. The number of nitrogens with one attached hydrogen (secondary N) is 1. The van der Waals surface area contributed by atoms with Gasteiger partial charge in [0.1, 0.15) is 6.54 Å². The van der Waals surface area contributed by atoms with E-state index < -0.39 is 11.7 Å². The van der Waals surface area contributed by atoms with Crippen molar-refractivity contribution in [2.45, 2.75) is 12.7 Å². The number of nitrogens with zero attached hydrogens (tertiary/aromatic N) is 2. The molecule has 1 aliphatic heterocycles. The van der Waals surface area contributed by atoms with Gasteiger partial charge in [0, 0.05) is 5.69 Å². The molecule has 2 aromatic carbocycles. The molecule has 1 amide bonds. The number of benzene rings is 2. The maximum Gasteiger partial charge on any atom is 0.416 e. The van der Waals surface area contributed by atoms with Crippen LogP contribution in [0, 0.1) is 0 Å². The van der Waals surface area contributed by atoms with E-state index in [-0.39, 0.29) is 24.1 Å². The van der Waals surface area contributed by atoms with Crippen LogP contribution < -0.4 is 5.32 Å². The smallest absolute Gasteiger partial charge is 0.326 e. The first kappa shape index (κ1) is 16.0. The Morgan fingerprint density at radius 3 is 2.54 bits per heavy atom. The van der Waals surface area contributed by atoms with Crippen molar-refractivity contribution >= 4 is 17.6 Å². The van der Waals surface area contributed by atoms with Crippen LogP contribution in [0.4, 0.5) is 18.9 Å². The summed E-state index contributed by atoms with van der Waals surface area (Å²) in [6.07, 6.45) is -4.42. The number of aliphatic imine (C=N–C) groups is 1. The Morgan fingerprint density at radius 2 is 1.83 bits per heavy atom. The van der Waals surface area contributed by atoms with E-state index in [9.17, 15) is 18.0 Å². The van der Waals surface area contributed by atoms with Gasteiger partial charge in [0.2, 0.25) is 5.96 Å². The zero-order chi connectivity index (χ0) is 17.2. The van der Waals surface area contributed by atoms with Crippen molar-refractivity contribution in [3.63, 3.8) is 0 Å². The minimum Gasteiger partial charge on any atom is -0.326 e. The lowest BCUT2D eigenvalue weighted by atomic mass is 10.2. The summed E-state index contributed by atoms with van der Waals surface area (Å²) < 4.78 is 38.4. The molecule has 0 bridgehead atoms. The molecule has 0 aromatic heterocycles. The average molecular weight is 333 g/mol. The molecule has 7 heteroatoms. The van der Waals surface area contributed by atoms with Crippen molar-refractivity contribution in [3.8, 4) is 0 Å². The minimum absolute atomic E-state index is 0.0197. The maximum atomic E-state index is 12.8. The van der Waals surface area contributed by atoms with Gasteiger partial charge in [0.15, 0.2) is 0 Å². The summed E-state index contributed by atoms with van der Waals surface area (Å²) >= 11 is 0. The number of anilines is 1. The predicted octanol–water partition coefficient (Wildman–Crippen LogP) is 3.52. The number of carbonyl (C=O) groups is 1. The van der Waals surface area contributed by atoms with Crippen LogP contribution in [-0.2, 0) is 17.5 Å². The Morgan fingerprint density at radius 1 is 1.08 bits per heavy atom. The van der Waals surface area contributed by atoms with Gasteiger partial charge in [0.05, 0.1) is 12.1 Å². The summed E-state index contributed by atoms with van der Waals surface area (Å²) in [6, 6.07) is 14.1. The monoisotopic (exact) mass is 333 g/mol. The summed E-state index contributed by atoms with van der Waals surface area (Å²) in [5.74, 6) is 0.0523. The lowest BCUT2D eigenvalue weighted by molar-refractivity contribution is -0.137. The fraction of sp³-hybridized carbons (Fsp3) is 0.176. The number of halogens is 3. The highest BCUT2D eigenvalue weighted by molar-refractivity contribution is 6.08. The van der Waals surface area contributed by atoms with E-state index >= 15 is 0 Å². The van der Waals surface area contributed by atoms with Crippen LogP contribution in [0.5, 0.6) is 0 Å². The Kier molecular flexibility index (Phi) is 4.24. The molecule has 24 heavy (non-hydrogen) atoms. The highest BCUT2D eigenvalue weighted by Gasteiger charge is 2.31. The van der Waals surface area contributed by atoms with Crippen LogP contribution in [0.1, 0.15) is 11.1 Å². The van der Waals surface area contributed by atoms with Gasteiger partial charge in [-0.2, -0.15) is 13.2 Å². The second kappa shape index (κ2) is 6.35. The Hall–Kier alpha value is -2.83. The van der Waals surface area contributed by atoms with Gasteiger partial charge in [-0.1, -0.05) is 36.4 Å². The lowest BCUT2D eigenvalue weighted by Gasteiger charge is -2.20. The first-order valence-electron chi connectivity index (χ1n) is 7.26. The van der Waals surface area contributed by atoms with E-state index in [2.05, 4.69) is 10.3 Å². The second-order valence-corrected chi connectivity index (χ2v) is 5.31. The summed E-state index contributed by atoms with van der Waals surface area (Å²) in [7, 11) is 0. The van der Waals surface area contributed by atoms with E-state index in [0.29, 0.717) is 6.54 Å². The molecular weight excluding hydrogens is 319 g/mol. The topological polar surface area (TPSA) is 44.7 Å². The van der Waals surface area contributed by atoms with Gasteiger partial charge in [-0.05, 0) is 23.8 Å². The van der Waals surface area contributed by atoms with E-state index in [0.717, 1.165) is 17.7 Å². The summed E-state index contributed by atoms with van der Waals surface area (Å²) in [6.45, 7) is 0.290. The Bertz CT molecular complexity index is 772. The first-order valence-corrected chi connectivity index (χ1v) is 7.26. The van der Waals surface area contributed by atoms with Crippen molar-refractivity contribution in [1.29, 1.82) is 0 Å². The van der Waals surface area contributed by atoms with Crippen molar-refractivity contribution in [2.75, 3.05) is 11.9 Å². The fourth-order valence-electron chi connectivity index (χ4n) is 2.37. The minimum atomic E-state index is -4.42. The highest BCUT2D eigenvalue weighted by atomic mass is 19.4. The molecule has 1 N–H and O–H groups in total. The van der Waals surface area contributed by atoms with Crippen LogP contribution >= 0.6 is 0 Å². The molecule has 0 spiro atoms. The third-order valence-corrected chi connectivity index (χ3v) is 3.55. The highest BCUT2D eigenvalue weighted by Crippen LogP contribution is 2.30. The molecule has 4 nitrogen and oxygen atoms in total. The molecule has 2 aromatic rings. The second-order valence-electron chi connectivity index (χ2n) is 5.31. The molecule has 3 rings (SSSR count). The normalized spacial score (nSPS) is 14.7. The summed E-state index contributed by atoms with van der Waals surface area (Å²) in [5, 5.41) is 2.81. The maximum absolute atomic E-state index is 12.8. The van der Waals surface area contributed by atoms with Crippen molar-refractivity contribution in [1.82, 2.24) is 4.90 Å². The van der Waals surface area contributed by atoms with Crippen LogP contribution in [0.2, 0.25) is 0 Å². The van der Waals surface area contributed by atoms with Crippen LogP contribution in [-0.4, -0.2) is 23.3 Å². The largest absolute Gasteiger partial charge is 0.416 e. The predicted molar refractivity (Wildman–Crippen MR) is 84.4 cm³/mol. The molecule has 124 valence electrons. The lowest BCUT2D eigenvalue weighted by Crippen LogP contribution is -2.36. The number of carbonyl (C=O) groups excluding carboxylic acids is 1. The summed E-state index contributed by atoms with van der Waals surface area (Å²) in [5.41, 5.74) is 0.384. The molecule has 0 fully saturated rings. The van der Waals surface area contributed by atoms with Crippen molar-refractivity contribution in [2.24, 2.45) is 4.99 Å². The Labute approximate surface area is 136 Å². The van der Waals surface area contributed by atoms with E-state index in [4.69, 9.17) is 0 Å². The number of amides is 1. The SMILES string of the molecule is O=C1CN=C(Nc2cccc(C(F)(F)F)c2)N1Cc1ccccc1.